The smallest absolute Gasteiger partial charge is 0.330 e. The van der Waals surface area contributed by atoms with Gasteiger partial charge in [0.15, 0.2) is 0 Å². The second kappa shape index (κ2) is 9.71. The molecule has 2 rings (SSSR count). The molecule has 11 nitrogen and oxygen atoms in total. The number of hydrogen-bond donors (Lipinski definition) is 1. The quantitative estimate of drug-likeness (QED) is 0.226. The van der Waals surface area contributed by atoms with Gasteiger partial charge in [0.2, 0.25) is 0 Å². The van der Waals surface area contributed by atoms with Crippen molar-refractivity contribution in [3.63, 3.8) is 0 Å². The van der Waals surface area contributed by atoms with Crippen LogP contribution in [0.25, 0.3) is 0 Å². The van der Waals surface area contributed by atoms with Crippen LogP contribution in [0, 0.1) is 0 Å². The van der Waals surface area contributed by atoms with Gasteiger partial charge in [-0.3, -0.25) is 19.2 Å². The average Bonchev–Trinajstić information content (AvgIpc) is 3.09. The molecule has 13 heteroatoms. The van der Waals surface area contributed by atoms with Gasteiger partial charge < -0.3 is 15.4 Å². The van der Waals surface area contributed by atoms with Crippen LogP contribution in [0.1, 0.15) is 38.5 Å². The van der Waals surface area contributed by atoms with Crippen molar-refractivity contribution in [3.8, 4) is 0 Å². The van der Waals surface area contributed by atoms with E-state index < -0.39 is 40.9 Å². The van der Waals surface area contributed by atoms with Crippen LogP contribution in [0.15, 0.2) is 0 Å². The number of nitrogens with two attached hydrogens (primary N) is 1. The third kappa shape index (κ3) is 6.22. The first-order chi connectivity index (χ1) is 12.8. The van der Waals surface area contributed by atoms with Gasteiger partial charge >= 0.3 is 11.9 Å². The fourth-order valence-corrected chi connectivity index (χ4v) is 4.05. The molecule has 148 valence electrons. The van der Waals surface area contributed by atoms with Gasteiger partial charge in [-0.2, -0.15) is 0 Å². The van der Waals surface area contributed by atoms with Crippen molar-refractivity contribution in [1.82, 2.24) is 10.1 Å². The molecule has 0 aromatic carbocycles. The number of rotatable bonds is 9. The summed E-state index contributed by atoms with van der Waals surface area (Å²) < 4.78 is 0. The van der Waals surface area contributed by atoms with E-state index >= 15 is 0 Å². The maximum Gasteiger partial charge on any atom is 0.335 e. The zero-order valence-corrected chi connectivity index (χ0v) is 15.7. The van der Waals surface area contributed by atoms with Crippen LogP contribution in [-0.4, -0.2) is 56.8 Å². The van der Waals surface area contributed by atoms with Crippen LogP contribution in [0.5, 0.6) is 0 Å². The lowest BCUT2D eigenvalue weighted by Crippen LogP contribution is -2.33. The molecular weight excluding hydrogens is 402 g/mol. The number of hydrogen-bond acceptors (Lipinski definition) is 11. The summed E-state index contributed by atoms with van der Waals surface area (Å²) in [6, 6.07) is 0. The maximum absolute atomic E-state index is 11.7. The molecule has 2 fully saturated rings. The molecule has 2 aliphatic rings. The minimum atomic E-state index is -0.815. The van der Waals surface area contributed by atoms with Crippen molar-refractivity contribution in [3.05, 3.63) is 0 Å². The fourth-order valence-electron chi connectivity index (χ4n) is 2.06. The van der Waals surface area contributed by atoms with Crippen LogP contribution in [0.2, 0.25) is 0 Å². The van der Waals surface area contributed by atoms with Crippen LogP contribution in [0.3, 0.4) is 0 Å². The Balaban J connectivity index is 1.59. The number of carbonyl (C=O) groups is 6. The molecule has 2 heterocycles. The monoisotopic (exact) mass is 419 g/mol. The van der Waals surface area contributed by atoms with E-state index in [1.165, 1.54) is 10.8 Å². The molecule has 1 unspecified atom stereocenters. The highest BCUT2D eigenvalue weighted by Crippen LogP contribution is 2.27. The van der Waals surface area contributed by atoms with Crippen molar-refractivity contribution in [2.45, 2.75) is 43.9 Å². The molecule has 0 aliphatic carbocycles. The van der Waals surface area contributed by atoms with Crippen molar-refractivity contribution in [2.24, 2.45) is 5.73 Å². The molecule has 2 N–H and O–H groups in total. The molecule has 27 heavy (non-hydrogen) atoms. The van der Waals surface area contributed by atoms with Gasteiger partial charge in [-0.15, -0.1) is 10.1 Å². The number of hydroxylamine groups is 4. The summed E-state index contributed by atoms with van der Waals surface area (Å²) >= 11 is 0. The lowest BCUT2D eigenvalue weighted by Gasteiger charge is -2.15. The Morgan fingerprint density at radius 1 is 0.889 bits per heavy atom. The fraction of sp³-hybridized carbons (Fsp3) is 0.571. The molecule has 0 saturated carbocycles. The molecule has 0 spiro atoms. The molecule has 2 saturated heterocycles. The summed E-state index contributed by atoms with van der Waals surface area (Å²) in [5, 5.41) is 0.236. The minimum absolute atomic E-state index is 0.00743. The average molecular weight is 419 g/mol. The first kappa shape index (κ1) is 21.2. The molecule has 0 bridgehead atoms. The van der Waals surface area contributed by atoms with E-state index in [-0.39, 0.29) is 44.3 Å². The zero-order valence-electron chi connectivity index (χ0n) is 14.1. The molecule has 0 aromatic rings. The second-order valence-corrected chi connectivity index (χ2v) is 8.23. The van der Waals surface area contributed by atoms with Crippen LogP contribution >= 0.6 is 21.6 Å². The summed E-state index contributed by atoms with van der Waals surface area (Å²) in [5.41, 5.74) is 5.74. The highest BCUT2D eigenvalue weighted by Gasteiger charge is 2.34. The standard InChI is InChI=1S/C14H17N3O8S2/c15-8(7-14(23)25-17-11(20)3-4-12(17)21)27-26-6-5-13(22)24-16-9(18)1-2-10(16)19/h8H,1-7,15H2. The summed E-state index contributed by atoms with van der Waals surface area (Å²) in [6.45, 7) is 0. The van der Waals surface area contributed by atoms with Gasteiger partial charge in [0, 0.05) is 31.4 Å². The normalized spacial score (nSPS) is 18.3. The predicted octanol–water partition coefficient (Wildman–Crippen LogP) is -0.353. The Morgan fingerprint density at radius 2 is 1.33 bits per heavy atom. The predicted molar refractivity (Wildman–Crippen MR) is 91.6 cm³/mol. The lowest BCUT2D eigenvalue weighted by atomic mass is 10.4. The molecule has 0 radical (unpaired) electrons. The Morgan fingerprint density at radius 3 is 1.81 bits per heavy atom. The zero-order chi connectivity index (χ0) is 20.0. The van der Waals surface area contributed by atoms with Crippen LogP contribution in [-0.2, 0) is 38.4 Å². The van der Waals surface area contributed by atoms with E-state index in [1.54, 1.807) is 0 Å². The minimum Gasteiger partial charge on any atom is -0.330 e. The Hall–Kier alpha value is -2.12. The van der Waals surface area contributed by atoms with E-state index in [1.807, 2.05) is 0 Å². The lowest BCUT2D eigenvalue weighted by molar-refractivity contribution is -0.197. The van der Waals surface area contributed by atoms with Gasteiger partial charge in [-0.25, -0.2) is 9.59 Å². The van der Waals surface area contributed by atoms with Crippen molar-refractivity contribution in [1.29, 1.82) is 0 Å². The van der Waals surface area contributed by atoms with E-state index in [2.05, 4.69) is 0 Å². The number of amides is 4. The summed E-state index contributed by atoms with van der Waals surface area (Å²) in [5.74, 6) is -3.52. The molecule has 4 amide bonds. The number of imide groups is 2. The van der Waals surface area contributed by atoms with Gasteiger partial charge in [0.1, 0.15) is 0 Å². The summed E-state index contributed by atoms with van der Waals surface area (Å²) in [7, 11) is 2.28. The maximum atomic E-state index is 11.7. The topological polar surface area (TPSA) is 153 Å². The first-order valence-corrected chi connectivity index (χ1v) is 10.3. The highest BCUT2D eigenvalue weighted by atomic mass is 33.1. The highest BCUT2D eigenvalue weighted by molar-refractivity contribution is 8.76. The second-order valence-electron chi connectivity index (χ2n) is 5.50. The number of carbonyl (C=O) groups excluding carboxylic acids is 6. The van der Waals surface area contributed by atoms with E-state index in [9.17, 15) is 28.8 Å². The van der Waals surface area contributed by atoms with Crippen molar-refractivity contribution < 1.29 is 38.4 Å². The Bertz CT molecular complexity index is 639. The van der Waals surface area contributed by atoms with Gasteiger partial charge in [0.25, 0.3) is 23.6 Å². The van der Waals surface area contributed by atoms with Crippen LogP contribution in [0.4, 0.5) is 0 Å². The summed E-state index contributed by atoms with van der Waals surface area (Å²) in [4.78, 5) is 78.0. The molecule has 0 aromatic heterocycles. The first-order valence-electron chi connectivity index (χ1n) is 7.95. The van der Waals surface area contributed by atoms with E-state index in [0.717, 1.165) is 10.8 Å². The SMILES string of the molecule is NC(CC(=O)ON1C(=O)CCC1=O)SSCCC(=O)ON1C(=O)CCC1=O. The summed E-state index contributed by atoms with van der Waals surface area (Å²) in [6.07, 6.45) is -0.244. The Kier molecular flexibility index (Phi) is 7.62. The third-order valence-corrected chi connectivity index (χ3v) is 5.92. The molecule has 1 atom stereocenters. The van der Waals surface area contributed by atoms with Crippen molar-refractivity contribution in [2.75, 3.05) is 5.75 Å². The largest absolute Gasteiger partial charge is 0.335 e. The third-order valence-electron chi connectivity index (χ3n) is 3.35. The van der Waals surface area contributed by atoms with Crippen LogP contribution < -0.4 is 5.73 Å². The molecular formula is C14H17N3O8S2. The van der Waals surface area contributed by atoms with Gasteiger partial charge in [-0.05, 0) is 0 Å². The molecule has 2 aliphatic heterocycles. The Labute approximate surface area is 161 Å². The van der Waals surface area contributed by atoms with E-state index in [0.29, 0.717) is 10.1 Å². The van der Waals surface area contributed by atoms with E-state index in [4.69, 9.17) is 15.4 Å². The van der Waals surface area contributed by atoms with Gasteiger partial charge in [-0.1, -0.05) is 21.6 Å². The van der Waals surface area contributed by atoms with Gasteiger partial charge in [0.05, 0.1) is 18.2 Å². The van der Waals surface area contributed by atoms with Crippen molar-refractivity contribution >= 4 is 57.2 Å². The number of nitrogens with zero attached hydrogens (tertiary/aromatic N) is 2.